The number of carbonyl (C=O) groups is 1. The van der Waals surface area contributed by atoms with Crippen LogP contribution in [0.25, 0.3) is 0 Å². The van der Waals surface area contributed by atoms with Crippen molar-refractivity contribution in [3.05, 3.63) is 53.0 Å². The van der Waals surface area contributed by atoms with E-state index in [1.165, 1.54) is 5.56 Å². The summed E-state index contributed by atoms with van der Waals surface area (Å²) in [6.07, 6.45) is -0.0890. The largest absolute Gasteiger partial charge is 0.488 e. The van der Waals surface area contributed by atoms with E-state index in [2.05, 4.69) is 12.2 Å². The Balaban J connectivity index is 1.64. The molecule has 1 aromatic carbocycles. The maximum Gasteiger partial charge on any atom is 0.287 e. The summed E-state index contributed by atoms with van der Waals surface area (Å²) in [4.78, 5) is 12.2. The molecule has 0 unspecified atom stereocenters. The van der Waals surface area contributed by atoms with Crippen molar-refractivity contribution < 1.29 is 19.1 Å². The number of carbonyl (C=O) groups excluding carboxylic acids is 1. The third-order valence-corrected chi connectivity index (χ3v) is 4.04. The molecule has 1 aliphatic rings. The van der Waals surface area contributed by atoms with Crippen LogP contribution in [-0.4, -0.2) is 23.7 Å². The highest BCUT2D eigenvalue weighted by Crippen LogP contribution is 2.37. The van der Waals surface area contributed by atoms with E-state index < -0.39 is 0 Å². The van der Waals surface area contributed by atoms with Gasteiger partial charge in [0.1, 0.15) is 24.2 Å². The summed E-state index contributed by atoms with van der Waals surface area (Å²) < 4.78 is 11.2. The second kappa shape index (κ2) is 5.85. The molecular formula is C17H19NO4. The Morgan fingerprint density at radius 1 is 1.36 bits per heavy atom. The summed E-state index contributed by atoms with van der Waals surface area (Å²) in [6, 6.07) is 9.58. The van der Waals surface area contributed by atoms with Crippen molar-refractivity contribution in [1.29, 1.82) is 0 Å². The zero-order chi connectivity index (χ0) is 15.7. The molecule has 1 amide bonds. The van der Waals surface area contributed by atoms with Crippen molar-refractivity contribution in [3.63, 3.8) is 0 Å². The third kappa shape index (κ3) is 2.60. The number of furan rings is 1. The summed E-state index contributed by atoms with van der Waals surface area (Å²) in [7, 11) is 0. The molecule has 0 saturated carbocycles. The number of amides is 1. The van der Waals surface area contributed by atoms with Gasteiger partial charge in [0.25, 0.3) is 5.91 Å². The SMILES string of the molecule is Cc1cc(CO)oc1C(=O)NC[C@H]1Oc2ccccc2[C@H]1C. The van der Waals surface area contributed by atoms with Gasteiger partial charge in [-0.1, -0.05) is 25.1 Å². The molecule has 0 aliphatic carbocycles. The summed E-state index contributed by atoms with van der Waals surface area (Å²) in [6.45, 7) is 4.06. The standard InChI is InChI=1S/C17H19NO4/c1-10-7-12(9-19)21-16(10)17(20)18-8-15-11(2)13-5-3-4-6-14(13)22-15/h3-7,11,15,19H,8-9H2,1-2H3,(H,18,20)/t11-,15-/m1/s1. The molecule has 22 heavy (non-hydrogen) atoms. The van der Waals surface area contributed by atoms with Crippen molar-refractivity contribution >= 4 is 5.91 Å². The third-order valence-electron chi connectivity index (χ3n) is 4.04. The Labute approximate surface area is 128 Å². The number of hydrogen-bond acceptors (Lipinski definition) is 4. The predicted octanol–water partition coefficient (Wildman–Crippen LogP) is 2.37. The van der Waals surface area contributed by atoms with Crippen LogP contribution in [0, 0.1) is 6.92 Å². The van der Waals surface area contributed by atoms with E-state index in [1.54, 1.807) is 13.0 Å². The lowest BCUT2D eigenvalue weighted by molar-refractivity contribution is 0.0896. The minimum atomic E-state index is -0.288. The summed E-state index contributed by atoms with van der Waals surface area (Å²) in [5, 5.41) is 11.9. The van der Waals surface area contributed by atoms with Crippen LogP contribution < -0.4 is 10.1 Å². The van der Waals surface area contributed by atoms with Gasteiger partial charge in [-0.3, -0.25) is 4.79 Å². The quantitative estimate of drug-likeness (QED) is 0.909. The highest BCUT2D eigenvalue weighted by atomic mass is 16.5. The second-order valence-electron chi connectivity index (χ2n) is 5.58. The molecule has 3 rings (SSSR count). The molecule has 2 heterocycles. The Morgan fingerprint density at radius 2 is 2.14 bits per heavy atom. The average Bonchev–Trinajstić information content (AvgIpc) is 3.06. The molecule has 1 aliphatic heterocycles. The fourth-order valence-corrected chi connectivity index (χ4v) is 2.77. The minimum Gasteiger partial charge on any atom is -0.488 e. The lowest BCUT2D eigenvalue weighted by Gasteiger charge is -2.15. The molecule has 2 N–H and O–H groups in total. The fraction of sp³-hybridized carbons (Fsp3) is 0.353. The van der Waals surface area contributed by atoms with E-state index in [0.29, 0.717) is 17.9 Å². The van der Waals surface area contributed by atoms with E-state index in [1.807, 2.05) is 24.3 Å². The highest BCUT2D eigenvalue weighted by Gasteiger charge is 2.31. The molecule has 0 radical (unpaired) electrons. The molecule has 0 spiro atoms. The van der Waals surface area contributed by atoms with Gasteiger partial charge in [0, 0.05) is 17.0 Å². The molecule has 5 nitrogen and oxygen atoms in total. The maximum absolute atomic E-state index is 12.2. The van der Waals surface area contributed by atoms with Gasteiger partial charge >= 0.3 is 0 Å². The number of fused-ring (bicyclic) bond motifs is 1. The smallest absolute Gasteiger partial charge is 0.287 e. The number of aliphatic hydroxyl groups excluding tert-OH is 1. The first kappa shape index (κ1) is 14.7. The lowest BCUT2D eigenvalue weighted by Crippen LogP contribution is -2.35. The van der Waals surface area contributed by atoms with Gasteiger partial charge in [-0.05, 0) is 19.1 Å². The molecule has 0 bridgehead atoms. The normalized spacial score (nSPS) is 19.6. The highest BCUT2D eigenvalue weighted by molar-refractivity contribution is 5.92. The first-order valence-electron chi connectivity index (χ1n) is 7.34. The first-order valence-corrected chi connectivity index (χ1v) is 7.34. The van der Waals surface area contributed by atoms with Gasteiger partial charge < -0.3 is 19.6 Å². The Morgan fingerprint density at radius 3 is 2.82 bits per heavy atom. The van der Waals surface area contributed by atoms with Gasteiger partial charge in [-0.25, -0.2) is 0 Å². The molecule has 2 atom stereocenters. The lowest BCUT2D eigenvalue weighted by atomic mass is 9.97. The monoisotopic (exact) mass is 301 g/mol. The molecular weight excluding hydrogens is 282 g/mol. The number of benzene rings is 1. The number of rotatable bonds is 4. The molecule has 0 saturated heterocycles. The zero-order valence-corrected chi connectivity index (χ0v) is 12.6. The van der Waals surface area contributed by atoms with Crippen LogP contribution in [0.1, 0.15) is 40.3 Å². The summed E-state index contributed by atoms with van der Waals surface area (Å²) >= 11 is 0. The number of nitrogens with one attached hydrogen (secondary N) is 1. The number of hydrogen-bond donors (Lipinski definition) is 2. The van der Waals surface area contributed by atoms with Crippen LogP contribution in [0.2, 0.25) is 0 Å². The van der Waals surface area contributed by atoms with Crippen molar-refractivity contribution in [3.8, 4) is 5.75 Å². The van der Waals surface area contributed by atoms with Gasteiger partial charge in [0.2, 0.25) is 0 Å². The Hall–Kier alpha value is -2.27. The van der Waals surface area contributed by atoms with E-state index >= 15 is 0 Å². The molecule has 116 valence electrons. The number of aliphatic hydroxyl groups is 1. The van der Waals surface area contributed by atoms with Gasteiger partial charge in [0.15, 0.2) is 5.76 Å². The number of aryl methyl sites for hydroxylation is 1. The first-order chi connectivity index (χ1) is 10.6. The van der Waals surface area contributed by atoms with Crippen LogP contribution in [0.15, 0.2) is 34.7 Å². The van der Waals surface area contributed by atoms with Gasteiger partial charge in [-0.2, -0.15) is 0 Å². The van der Waals surface area contributed by atoms with Crippen molar-refractivity contribution in [2.24, 2.45) is 0 Å². The van der Waals surface area contributed by atoms with Gasteiger partial charge in [0.05, 0.1) is 6.54 Å². The summed E-state index contributed by atoms with van der Waals surface area (Å²) in [5.41, 5.74) is 1.88. The van der Waals surface area contributed by atoms with Crippen LogP contribution >= 0.6 is 0 Å². The number of para-hydroxylation sites is 1. The van der Waals surface area contributed by atoms with Crippen LogP contribution in [0.5, 0.6) is 5.75 Å². The van der Waals surface area contributed by atoms with E-state index in [9.17, 15) is 4.79 Å². The van der Waals surface area contributed by atoms with Crippen LogP contribution in [0.4, 0.5) is 0 Å². The molecule has 5 heteroatoms. The van der Waals surface area contributed by atoms with Crippen molar-refractivity contribution in [2.75, 3.05) is 6.54 Å². The average molecular weight is 301 g/mol. The Bertz CT molecular complexity index is 692. The molecule has 1 aromatic heterocycles. The van der Waals surface area contributed by atoms with Gasteiger partial charge in [-0.15, -0.1) is 0 Å². The summed E-state index contributed by atoms with van der Waals surface area (Å²) in [5.74, 6) is 1.45. The van der Waals surface area contributed by atoms with Crippen molar-refractivity contribution in [2.45, 2.75) is 32.5 Å². The van der Waals surface area contributed by atoms with E-state index in [-0.39, 0.29) is 30.3 Å². The van der Waals surface area contributed by atoms with Crippen LogP contribution in [-0.2, 0) is 6.61 Å². The predicted molar refractivity (Wildman–Crippen MR) is 81.0 cm³/mol. The second-order valence-corrected chi connectivity index (χ2v) is 5.58. The topological polar surface area (TPSA) is 71.7 Å². The zero-order valence-electron chi connectivity index (χ0n) is 12.6. The van der Waals surface area contributed by atoms with E-state index in [4.69, 9.17) is 14.3 Å². The fourth-order valence-electron chi connectivity index (χ4n) is 2.77. The molecule has 0 fully saturated rings. The number of ether oxygens (including phenoxy) is 1. The van der Waals surface area contributed by atoms with Crippen LogP contribution in [0.3, 0.4) is 0 Å². The molecule has 2 aromatic rings. The minimum absolute atomic E-state index is 0.0890. The van der Waals surface area contributed by atoms with Crippen molar-refractivity contribution in [1.82, 2.24) is 5.32 Å². The maximum atomic E-state index is 12.2. The Kier molecular flexibility index (Phi) is 3.90. The van der Waals surface area contributed by atoms with E-state index in [0.717, 1.165) is 5.75 Å².